The lowest BCUT2D eigenvalue weighted by Crippen LogP contribution is -2.44. The van der Waals surface area contributed by atoms with E-state index in [0.29, 0.717) is 31.7 Å². The molecule has 9 heteroatoms. The molecule has 0 aromatic heterocycles. The quantitative estimate of drug-likeness (QED) is 0.671. The van der Waals surface area contributed by atoms with E-state index in [0.717, 1.165) is 25.2 Å². The van der Waals surface area contributed by atoms with Crippen molar-refractivity contribution in [3.05, 3.63) is 65.5 Å². The number of morpholine rings is 1. The van der Waals surface area contributed by atoms with Crippen LogP contribution in [0.3, 0.4) is 0 Å². The number of hydrogen-bond donors (Lipinski definition) is 1. The highest BCUT2D eigenvalue weighted by molar-refractivity contribution is 7.90. The van der Waals surface area contributed by atoms with Crippen LogP contribution in [0.2, 0.25) is 0 Å². The molecule has 0 unspecified atom stereocenters. The van der Waals surface area contributed by atoms with E-state index in [1.165, 1.54) is 29.2 Å². The maximum atomic E-state index is 13.6. The molecule has 2 aromatic rings. The van der Waals surface area contributed by atoms with Crippen molar-refractivity contribution < 1.29 is 22.3 Å². The number of amides is 2. The van der Waals surface area contributed by atoms with Crippen molar-refractivity contribution in [2.24, 2.45) is 0 Å². The minimum absolute atomic E-state index is 0.0190. The van der Waals surface area contributed by atoms with Crippen molar-refractivity contribution in [3.8, 4) is 0 Å². The maximum absolute atomic E-state index is 13.6. The predicted molar refractivity (Wildman–Crippen MR) is 116 cm³/mol. The van der Waals surface area contributed by atoms with Gasteiger partial charge < -0.3 is 9.64 Å². The molecule has 0 spiro atoms. The van der Waals surface area contributed by atoms with Gasteiger partial charge in [0.2, 0.25) is 0 Å². The van der Waals surface area contributed by atoms with Crippen LogP contribution in [0, 0.1) is 12.7 Å². The van der Waals surface area contributed by atoms with Crippen LogP contribution in [0.25, 0.3) is 0 Å². The van der Waals surface area contributed by atoms with Gasteiger partial charge in [-0.1, -0.05) is 29.8 Å². The molecule has 3 rings (SSSR count). The molecule has 1 aliphatic heterocycles. The van der Waals surface area contributed by atoms with Gasteiger partial charge in [-0.15, -0.1) is 0 Å². The van der Waals surface area contributed by atoms with E-state index in [1.807, 2.05) is 6.92 Å². The number of urea groups is 1. The Labute approximate surface area is 182 Å². The van der Waals surface area contributed by atoms with Crippen molar-refractivity contribution in [3.63, 3.8) is 0 Å². The second-order valence-electron chi connectivity index (χ2n) is 7.58. The maximum Gasteiger partial charge on any atom is 0.331 e. The molecule has 0 bridgehead atoms. The smallest absolute Gasteiger partial charge is 0.331 e. The normalized spacial score (nSPS) is 14.9. The number of rotatable bonds is 8. The third-order valence-electron chi connectivity index (χ3n) is 5.11. The number of carbonyl (C=O) groups is 1. The van der Waals surface area contributed by atoms with Gasteiger partial charge in [0.15, 0.2) is 0 Å². The van der Waals surface area contributed by atoms with Gasteiger partial charge in [0.05, 0.1) is 18.1 Å². The number of ether oxygens (including phenoxy) is 1. The third kappa shape index (κ3) is 7.02. The van der Waals surface area contributed by atoms with Crippen molar-refractivity contribution >= 4 is 16.1 Å². The van der Waals surface area contributed by atoms with Crippen LogP contribution in [-0.2, 0) is 21.3 Å². The molecule has 0 aliphatic carbocycles. The van der Waals surface area contributed by atoms with Gasteiger partial charge in [0, 0.05) is 32.7 Å². The topological polar surface area (TPSA) is 79.0 Å². The van der Waals surface area contributed by atoms with Crippen molar-refractivity contribution in [1.82, 2.24) is 14.5 Å². The standard InChI is InChI=1S/C22H28FN3O4S/c1-18-6-8-21(9-7-18)31(28,29)24-22(27)26(17-19-4-2-5-20(23)16-19)11-3-10-25-12-14-30-15-13-25/h2,4-9,16H,3,10-15,17H2,1H3,(H,24,27). The second-order valence-corrected chi connectivity index (χ2v) is 9.27. The van der Waals surface area contributed by atoms with Crippen LogP contribution in [0.5, 0.6) is 0 Å². The zero-order valence-corrected chi connectivity index (χ0v) is 18.4. The Hall–Kier alpha value is -2.49. The summed E-state index contributed by atoms with van der Waals surface area (Å²) in [4.78, 5) is 16.5. The molecule has 0 radical (unpaired) electrons. The van der Waals surface area contributed by atoms with Gasteiger partial charge in [-0.25, -0.2) is 22.3 Å². The number of hydrogen-bond acceptors (Lipinski definition) is 5. The highest BCUT2D eigenvalue weighted by atomic mass is 32.2. The van der Waals surface area contributed by atoms with Gasteiger partial charge in [0.25, 0.3) is 10.0 Å². The first-order valence-corrected chi connectivity index (χ1v) is 11.7. The first kappa shape index (κ1) is 23.2. The van der Waals surface area contributed by atoms with E-state index in [9.17, 15) is 17.6 Å². The molecule has 2 amide bonds. The second kappa shape index (κ2) is 10.7. The number of sulfonamides is 1. The first-order valence-electron chi connectivity index (χ1n) is 10.3. The Balaban J connectivity index is 1.68. The van der Waals surface area contributed by atoms with Crippen molar-refractivity contribution in [1.29, 1.82) is 0 Å². The summed E-state index contributed by atoms with van der Waals surface area (Å²) in [6.07, 6.45) is 0.660. The first-order chi connectivity index (χ1) is 14.8. The zero-order chi connectivity index (χ0) is 22.3. The fourth-order valence-corrected chi connectivity index (χ4v) is 4.35. The Kier molecular flexibility index (Phi) is 8.00. The van der Waals surface area contributed by atoms with Crippen LogP contribution in [0.1, 0.15) is 17.5 Å². The highest BCUT2D eigenvalue weighted by Crippen LogP contribution is 2.13. The number of carbonyl (C=O) groups excluding carboxylic acids is 1. The van der Waals surface area contributed by atoms with E-state index in [2.05, 4.69) is 9.62 Å². The van der Waals surface area contributed by atoms with E-state index in [-0.39, 0.29) is 11.4 Å². The van der Waals surface area contributed by atoms with Crippen LogP contribution < -0.4 is 4.72 Å². The fourth-order valence-electron chi connectivity index (χ4n) is 3.37. The summed E-state index contributed by atoms with van der Waals surface area (Å²) in [5.74, 6) is -0.404. The molecule has 2 aromatic carbocycles. The summed E-state index contributed by atoms with van der Waals surface area (Å²) in [6.45, 7) is 6.09. The highest BCUT2D eigenvalue weighted by Gasteiger charge is 2.22. The molecule has 1 aliphatic rings. The Morgan fingerprint density at radius 3 is 2.55 bits per heavy atom. The lowest BCUT2D eigenvalue weighted by atomic mass is 10.2. The summed E-state index contributed by atoms with van der Waals surface area (Å²) >= 11 is 0. The molecular weight excluding hydrogens is 421 g/mol. The summed E-state index contributed by atoms with van der Waals surface area (Å²) in [5.41, 5.74) is 1.51. The Morgan fingerprint density at radius 2 is 1.87 bits per heavy atom. The predicted octanol–water partition coefficient (Wildman–Crippen LogP) is 2.76. The van der Waals surface area contributed by atoms with E-state index in [4.69, 9.17) is 4.74 Å². The summed E-state index contributed by atoms with van der Waals surface area (Å²) in [7, 11) is -4.01. The van der Waals surface area contributed by atoms with Crippen LogP contribution in [-0.4, -0.2) is 63.6 Å². The molecule has 0 atom stereocenters. The number of halogens is 1. The minimum Gasteiger partial charge on any atom is -0.379 e. The van der Waals surface area contributed by atoms with E-state index >= 15 is 0 Å². The lowest BCUT2D eigenvalue weighted by molar-refractivity contribution is 0.0364. The van der Waals surface area contributed by atoms with Crippen molar-refractivity contribution in [2.45, 2.75) is 24.8 Å². The number of nitrogens with one attached hydrogen (secondary N) is 1. The molecule has 1 N–H and O–H groups in total. The van der Waals surface area contributed by atoms with Gasteiger partial charge in [-0.2, -0.15) is 0 Å². The van der Waals surface area contributed by atoms with E-state index in [1.54, 1.807) is 24.3 Å². The average molecular weight is 450 g/mol. The minimum atomic E-state index is -4.01. The van der Waals surface area contributed by atoms with Crippen molar-refractivity contribution in [2.75, 3.05) is 39.4 Å². The van der Waals surface area contributed by atoms with Gasteiger partial charge in [0.1, 0.15) is 5.82 Å². The molecular formula is C22H28FN3O4S. The molecule has 1 fully saturated rings. The Morgan fingerprint density at radius 1 is 1.16 bits per heavy atom. The molecule has 1 saturated heterocycles. The van der Waals surface area contributed by atoms with E-state index < -0.39 is 21.9 Å². The number of aryl methyl sites for hydroxylation is 1. The molecule has 1 heterocycles. The molecule has 0 saturated carbocycles. The monoisotopic (exact) mass is 449 g/mol. The fraction of sp³-hybridized carbons (Fsp3) is 0.409. The molecule has 168 valence electrons. The average Bonchev–Trinajstić information content (AvgIpc) is 2.74. The van der Waals surface area contributed by atoms with Gasteiger partial charge in [-0.3, -0.25) is 4.90 Å². The summed E-state index contributed by atoms with van der Waals surface area (Å²) in [5, 5.41) is 0. The third-order valence-corrected chi connectivity index (χ3v) is 6.44. The van der Waals surface area contributed by atoms with Crippen LogP contribution >= 0.6 is 0 Å². The van der Waals surface area contributed by atoms with Crippen LogP contribution in [0.15, 0.2) is 53.4 Å². The van der Waals surface area contributed by atoms with Crippen LogP contribution in [0.4, 0.5) is 9.18 Å². The van der Waals surface area contributed by atoms with Gasteiger partial charge in [-0.05, 0) is 43.2 Å². The van der Waals surface area contributed by atoms with Gasteiger partial charge >= 0.3 is 6.03 Å². The molecule has 31 heavy (non-hydrogen) atoms. The number of benzene rings is 2. The SMILES string of the molecule is Cc1ccc(S(=O)(=O)NC(=O)N(CCCN2CCOCC2)Cc2cccc(F)c2)cc1. The zero-order valence-electron chi connectivity index (χ0n) is 17.6. The largest absolute Gasteiger partial charge is 0.379 e. The molecule has 7 nitrogen and oxygen atoms in total. The summed E-state index contributed by atoms with van der Waals surface area (Å²) < 4.78 is 46.4. The lowest BCUT2D eigenvalue weighted by Gasteiger charge is -2.28. The Bertz CT molecular complexity index is 977. The summed E-state index contributed by atoms with van der Waals surface area (Å²) in [6, 6.07) is 11.5. The number of nitrogens with zero attached hydrogens (tertiary/aromatic N) is 2.